The van der Waals surface area contributed by atoms with Gasteiger partial charge in [-0.3, -0.25) is 0 Å². The van der Waals surface area contributed by atoms with E-state index in [1.54, 1.807) is 18.3 Å². The number of hydrogen-bond acceptors (Lipinski definition) is 2. The lowest BCUT2D eigenvalue weighted by Crippen LogP contribution is -2.01. The first-order valence-corrected chi connectivity index (χ1v) is 6.11. The lowest BCUT2D eigenvalue weighted by Gasteiger charge is -2.08. The summed E-state index contributed by atoms with van der Waals surface area (Å²) in [5, 5.41) is 3.59. The molecule has 0 radical (unpaired) electrons. The van der Waals surface area contributed by atoms with Gasteiger partial charge in [0.05, 0.1) is 11.9 Å². The summed E-state index contributed by atoms with van der Waals surface area (Å²) in [5.41, 5.74) is 1.69. The van der Waals surface area contributed by atoms with E-state index < -0.39 is 0 Å². The van der Waals surface area contributed by atoms with Gasteiger partial charge in [0.25, 0.3) is 0 Å². The van der Waals surface area contributed by atoms with Gasteiger partial charge in [0.15, 0.2) is 0 Å². The Labute approximate surface area is 112 Å². The molecule has 5 heteroatoms. The van der Waals surface area contributed by atoms with E-state index in [4.69, 9.17) is 11.6 Å². The van der Waals surface area contributed by atoms with Gasteiger partial charge in [0.2, 0.25) is 0 Å². The van der Waals surface area contributed by atoms with Crippen molar-refractivity contribution in [2.24, 2.45) is 0 Å². The molecule has 0 bridgehead atoms. The van der Waals surface area contributed by atoms with Crippen LogP contribution in [0.1, 0.15) is 5.56 Å². The maximum Gasteiger partial charge on any atom is 0.129 e. The lowest BCUT2D eigenvalue weighted by atomic mass is 10.2. The monoisotopic (exact) mass is 314 g/mol. The molecule has 0 saturated carbocycles. The van der Waals surface area contributed by atoms with Crippen molar-refractivity contribution >= 4 is 33.2 Å². The molecule has 0 amide bonds. The molecular formula is C12H9BrClFN2. The number of hydrogen-bond donors (Lipinski definition) is 1. The van der Waals surface area contributed by atoms with Crippen molar-refractivity contribution in [1.29, 1.82) is 0 Å². The summed E-state index contributed by atoms with van der Waals surface area (Å²) in [4.78, 5) is 3.95. The number of rotatable bonds is 3. The number of benzene rings is 1. The second-order valence-electron chi connectivity index (χ2n) is 3.46. The fourth-order valence-electron chi connectivity index (χ4n) is 1.36. The maximum absolute atomic E-state index is 13.0. The average molecular weight is 316 g/mol. The summed E-state index contributed by atoms with van der Waals surface area (Å²) in [6.45, 7) is 0.516. The molecule has 0 fully saturated rings. The summed E-state index contributed by atoms with van der Waals surface area (Å²) in [6, 6.07) is 8.11. The van der Waals surface area contributed by atoms with Crippen LogP contribution in [0.5, 0.6) is 0 Å². The Bertz CT molecular complexity index is 516. The molecule has 2 nitrogen and oxygen atoms in total. The van der Waals surface area contributed by atoms with Crippen molar-refractivity contribution in [1.82, 2.24) is 4.98 Å². The van der Waals surface area contributed by atoms with E-state index in [1.165, 1.54) is 12.1 Å². The maximum atomic E-state index is 13.0. The van der Waals surface area contributed by atoms with Crippen molar-refractivity contribution in [3.8, 4) is 0 Å². The molecule has 0 unspecified atom stereocenters. The number of pyridine rings is 1. The Hall–Kier alpha value is -1.13. The van der Waals surface area contributed by atoms with Gasteiger partial charge in [-0.1, -0.05) is 27.5 Å². The van der Waals surface area contributed by atoms with Gasteiger partial charge in [0.1, 0.15) is 11.0 Å². The fraction of sp³-hybridized carbons (Fsp3) is 0.0833. The molecule has 2 aromatic rings. The molecule has 1 heterocycles. The number of anilines is 1. The Morgan fingerprint density at radius 3 is 2.82 bits per heavy atom. The smallest absolute Gasteiger partial charge is 0.129 e. The van der Waals surface area contributed by atoms with E-state index in [-0.39, 0.29) is 5.82 Å². The van der Waals surface area contributed by atoms with Crippen molar-refractivity contribution < 1.29 is 4.39 Å². The van der Waals surface area contributed by atoms with Gasteiger partial charge >= 0.3 is 0 Å². The molecular weight excluding hydrogens is 307 g/mol. The van der Waals surface area contributed by atoms with E-state index in [0.717, 1.165) is 15.7 Å². The zero-order valence-electron chi connectivity index (χ0n) is 8.75. The number of halogens is 3. The number of nitrogens with one attached hydrogen (secondary N) is 1. The van der Waals surface area contributed by atoms with Crippen LogP contribution in [-0.4, -0.2) is 4.98 Å². The first kappa shape index (κ1) is 12.3. The normalized spacial score (nSPS) is 10.3. The van der Waals surface area contributed by atoms with Gasteiger partial charge in [-0.05, 0) is 35.9 Å². The summed E-state index contributed by atoms with van der Waals surface area (Å²) in [6.07, 6.45) is 1.63. The van der Waals surface area contributed by atoms with E-state index >= 15 is 0 Å². The van der Waals surface area contributed by atoms with E-state index in [2.05, 4.69) is 26.2 Å². The van der Waals surface area contributed by atoms with Crippen LogP contribution in [0.25, 0.3) is 0 Å². The minimum absolute atomic E-state index is 0.251. The van der Waals surface area contributed by atoms with Crippen LogP contribution in [0.2, 0.25) is 5.15 Å². The third-order valence-electron chi connectivity index (χ3n) is 2.22. The third kappa shape index (κ3) is 3.41. The summed E-state index contributed by atoms with van der Waals surface area (Å²) in [7, 11) is 0. The average Bonchev–Trinajstić information content (AvgIpc) is 2.32. The second kappa shape index (κ2) is 5.47. The van der Waals surface area contributed by atoms with E-state index in [0.29, 0.717) is 11.7 Å². The minimum atomic E-state index is -0.251. The lowest BCUT2D eigenvalue weighted by molar-refractivity contribution is 0.625. The minimum Gasteiger partial charge on any atom is -0.380 e. The molecule has 88 valence electrons. The molecule has 0 aliphatic heterocycles. The standard InChI is InChI=1S/C12H9BrClFN2/c13-11-3-1-9(15)5-8(11)6-16-10-2-4-12(14)17-7-10/h1-5,7,16H,6H2. The van der Waals surface area contributed by atoms with Crippen molar-refractivity contribution in [2.75, 3.05) is 5.32 Å². The Balaban J connectivity index is 2.07. The van der Waals surface area contributed by atoms with Crippen LogP contribution in [0.3, 0.4) is 0 Å². The second-order valence-corrected chi connectivity index (χ2v) is 4.70. The third-order valence-corrected chi connectivity index (χ3v) is 3.22. The van der Waals surface area contributed by atoms with E-state index in [1.807, 2.05) is 6.07 Å². The van der Waals surface area contributed by atoms with Gasteiger partial charge in [-0.25, -0.2) is 9.37 Å². The van der Waals surface area contributed by atoms with Crippen molar-refractivity contribution in [2.45, 2.75) is 6.54 Å². The molecule has 0 aliphatic rings. The van der Waals surface area contributed by atoms with Crippen molar-refractivity contribution in [3.63, 3.8) is 0 Å². The molecule has 0 saturated heterocycles. The zero-order valence-corrected chi connectivity index (χ0v) is 11.1. The topological polar surface area (TPSA) is 24.9 Å². The highest BCUT2D eigenvalue weighted by Crippen LogP contribution is 2.19. The molecule has 17 heavy (non-hydrogen) atoms. The molecule has 0 aliphatic carbocycles. The van der Waals surface area contributed by atoms with E-state index in [9.17, 15) is 4.39 Å². The van der Waals surface area contributed by atoms with Crippen LogP contribution >= 0.6 is 27.5 Å². The molecule has 1 aromatic heterocycles. The summed E-state index contributed by atoms with van der Waals surface area (Å²) in [5.74, 6) is -0.251. The highest BCUT2D eigenvalue weighted by Gasteiger charge is 2.02. The SMILES string of the molecule is Fc1ccc(Br)c(CNc2ccc(Cl)nc2)c1. The zero-order chi connectivity index (χ0) is 12.3. The number of aromatic nitrogens is 1. The highest BCUT2D eigenvalue weighted by atomic mass is 79.9. The Morgan fingerprint density at radius 2 is 2.12 bits per heavy atom. The van der Waals surface area contributed by atoms with Gasteiger partial charge in [0, 0.05) is 11.0 Å². The first-order chi connectivity index (χ1) is 8.15. The highest BCUT2D eigenvalue weighted by molar-refractivity contribution is 9.10. The molecule has 2 rings (SSSR count). The quantitative estimate of drug-likeness (QED) is 0.857. The molecule has 1 N–H and O–H groups in total. The van der Waals surface area contributed by atoms with Crippen molar-refractivity contribution in [3.05, 3.63) is 57.5 Å². The molecule has 0 spiro atoms. The Kier molecular flexibility index (Phi) is 3.97. The van der Waals surface area contributed by atoms with Crippen LogP contribution in [0.15, 0.2) is 41.0 Å². The predicted molar refractivity (Wildman–Crippen MR) is 70.7 cm³/mol. The van der Waals surface area contributed by atoms with Crippen LogP contribution < -0.4 is 5.32 Å². The van der Waals surface area contributed by atoms with Crippen LogP contribution in [-0.2, 0) is 6.54 Å². The molecule has 1 aromatic carbocycles. The van der Waals surface area contributed by atoms with Crippen LogP contribution in [0.4, 0.5) is 10.1 Å². The summed E-state index contributed by atoms with van der Waals surface area (Å²) >= 11 is 9.05. The summed E-state index contributed by atoms with van der Waals surface area (Å²) < 4.78 is 13.9. The Morgan fingerprint density at radius 1 is 1.29 bits per heavy atom. The van der Waals surface area contributed by atoms with Gasteiger partial charge in [-0.15, -0.1) is 0 Å². The number of nitrogens with zero attached hydrogens (tertiary/aromatic N) is 1. The molecule has 0 atom stereocenters. The predicted octanol–water partition coefficient (Wildman–Crippen LogP) is 4.25. The van der Waals surface area contributed by atoms with Gasteiger partial charge < -0.3 is 5.32 Å². The van der Waals surface area contributed by atoms with Crippen LogP contribution in [0, 0.1) is 5.82 Å². The fourth-order valence-corrected chi connectivity index (χ4v) is 1.86. The van der Waals surface area contributed by atoms with Gasteiger partial charge in [-0.2, -0.15) is 0 Å². The largest absolute Gasteiger partial charge is 0.380 e. The first-order valence-electron chi connectivity index (χ1n) is 4.94.